The molecule has 21 heavy (non-hydrogen) atoms. The lowest BCUT2D eigenvalue weighted by Crippen LogP contribution is -2.35. The van der Waals surface area contributed by atoms with E-state index in [-0.39, 0.29) is 5.91 Å². The first-order valence-electron chi connectivity index (χ1n) is 6.68. The summed E-state index contributed by atoms with van der Waals surface area (Å²) in [6.45, 7) is 0.678. The van der Waals surface area contributed by atoms with Crippen molar-refractivity contribution >= 4 is 29.0 Å². The normalized spacial score (nSPS) is 13.7. The highest BCUT2D eigenvalue weighted by Crippen LogP contribution is 2.36. The summed E-state index contributed by atoms with van der Waals surface area (Å²) in [5, 5.41) is 0. The van der Waals surface area contributed by atoms with Gasteiger partial charge in [0.2, 0.25) is 0 Å². The quantitative estimate of drug-likeness (QED) is 0.866. The average Bonchev–Trinajstić information content (AvgIpc) is 2.54. The van der Waals surface area contributed by atoms with Gasteiger partial charge in [0.15, 0.2) is 0 Å². The lowest BCUT2D eigenvalue weighted by atomic mass is 10.1. The van der Waals surface area contributed by atoms with Crippen molar-refractivity contribution in [1.82, 2.24) is 0 Å². The number of thioether (sulfide) groups is 1. The largest absolute Gasteiger partial charge is 0.495 e. The third-order valence-corrected chi connectivity index (χ3v) is 4.53. The van der Waals surface area contributed by atoms with Crippen LogP contribution in [0.15, 0.2) is 47.4 Å². The molecular weight excluding hydrogens is 284 g/mol. The van der Waals surface area contributed by atoms with Gasteiger partial charge in [0, 0.05) is 17.2 Å². The van der Waals surface area contributed by atoms with E-state index in [1.54, 1.807) is 42.0 Å². The number of carbonyl (C=O) groups excluding carboxylic acids is 1. The maximum Gasteiger partial charge on any atom is 0.260 e. The number of para-hydroxylation sites is 2. The van der Waals surface area contributed by atoms with Crippen molar-refractivity contribution in [3.63, 3.8) is 0 Å². The first-order valence-corrected chi connectivity index (χ1v) is 7.67. The number of nitrogens with zero attached hydrogens (tertiary/aromatic N) is 1. The Labute approximate surface area is 127 Å². The number of nitrogen functional groups attached to an aromatic ring is 1. The van der Waals surface area contributed by atoms with Crippen molar-refractivity contribution in [1.29, 1.82) is 0 Å². The van der Waals surface area contributed by atoms with Gasteiger partial charge in [-0.3, -0.25) is 4.79 Å². The molecule has 3 rings (SSSR count). The lowest BCUT2D eigenvalue weighted by molar-refractivity contribution is 0.0988. The van der Waals surface area contributed by atoms with Crippen LogP contribution in [0.4, 0.5) is 11.4 Å². The molecule has 0 aromatic heterocycles. The molecule has 0 aliphatic carbocycles. The van der Waals surface area contributed by atoms with Gasteiger partial charge >= 0.3 is 0 Å². The molecule has 4 nitrogen and oxygen atoms in total. The molecule has 0 saturated heterocycles. The third-order valence-electron chi connectivity index (χ3n) is 3.49. The van der Waals surface area contributed by atoms with Crippen molar-refractivity contribution in [2.75, 3.05) is 30.0 Å². The fourth-order valence-corrected chi connectivity index (χ4v) is 3.43. The van der Waals surface area contributed by atoms with E-state index < -0.39 is 0 Å². The molecule has 2 aromatic rings. The van der Waals surface area contributed by atoms with Gasteiger partial charge in [0.05, 0.1) is 24.0 Å². The molecule has 0 unspecified atom stereocenters. The fourth-order valence-electron chi connectivity index (χ4n) is 2.43. The van der Waals surface area contributed by atoms with Gasteiger partial charge in [-0.05, 0) is 24.3 Å². The van der Waals surface area contributed by atoms with Crippen molar-refractivity contribution in [3.8, 4) is 5.75 Å². The standard InChI is InChI=1S/C16H16N2O2S/c1-20-13-7-4-5-11(15(13)17)16(19)18-9-10-21-14-8-3-2-6-12(14)18/h2-8H,9-10,17H2,1H3. The first kappa shape index (κ1) is 13.8. The van der Waals surface area contributed by atoms with Gasteiger partial charge < -0.3 is 15.4 Å². The predicted octanol–water partition coefficient (Wildman–Crippen LogP) is 3.03. The lowest BCUT2D eigenvalue weighted by Gasteiger charge is -2.29. The van der Waals surface area contributed by atoms with Crippen LogP contribution in [0, 0.1) is 0 Å². The molecule has 1 amide bonds. The smallest absolute Gasteiger partial charge is 0.260 e. The number of fused-ring (bicyclic) bond motifs is 1. The number of rotatable bonds is 2. The van der Waals surface area contributed by atoms with Gasteiger partial charge in [-0.2, -0.15) is 0 Å². The number of amides is 1. The number of ether oxygens (including phenoxy) is 1. The van der Waals surface area contributed by atoms with E-state index in [0.717, 1.165) is 16.3 Å². The topological polar surface area (TPSA) is 55.6 Å². The molecule has 0 fully saturated rings. The Bertz CT molecular complexity index is 688. The molecule has 2 N–H and O–H groups in total. The third kappa shape index (κ3) is 2.45. The number of nitrogens with two attached hydrogens (primary N) is 1. The Morgan fingerprint density at radius 3 is 2.86 bits per heavy atom. The SMILES string of the molecule is COc1cccc(C(=O)N2CCSc3ccccc32)c1N. The molecule has 0 saturated carbocycles. The predicted molar refractivity (Wildman–Crippen MR) is 86.2 cm³/mol. The van der Waals surface area contributed by atoms with E-state index in [1.807, 2.05) is 24.3 Å². The summed E-state index contributed by atoms with van der Waals surface area (Å²) in [5.74, 6) is 1.33. The zero-order valence-corrected chi connectivity index (χ0v) is 12.5. The van der Waals surface area contributed by atoms with Crippen LogP contribution < -0.4 is 15.4 Å². The molecule has 1 aliphatic heterocycles. The van der Waals surface area contributed by atoms with E-state index >= 15 is 0 Å². The van der Waals surface area contributed by atoms with Gasteiger partial charge in [0.1, 0.15) is 5.75 Å². The highest BCUT2D eigenvalue weighted by atomic mass is 32.2. The number of carbonyl (C=O) groups is 1. The summed E-state index contributed by atoms with van der Waals surface area (Å²) in [6.07, 6.45) is 0. The summed E-state index contributed by atoms with van der Waals surface area (Å²) in [6, 6.07) is 13.2. The Hall–Kier alpha value is -2.14. The summed E-state index contributed by atoms with van der Waals surface area (Å²) in [7, 11) is 1.55. The van der Waals surface area contributed by atoms with Crippen molar-refractivity contribution in [2.24, 2.45) is 0 Å². The van der Waals surface area contributed by atoms with E-state index in [9.17, 15) is 4.79 Å². The van der Waals surface area contributed by atoms with Crippen LogP contribution in [-0.4, -0.2) is 25.3 Å². The van der Waals surface area contributed by atoms with E-state index in [0.29, 0.717) is 23.5 Å². The number of hydrogen-bond donors (Lipinski definition) is 1. The van der Waals surface area contributed by atoms with Crippen LogP contribution in [0.1, 0.15) is 10.4 Å². The Morgan fingerprint density at radius 1 is 1.24 bits per heavy atom. The van der Waals surface area contributed by atoms with Crippen LogP contribution in [0.3, 0.4) is 0 Å². The second kappa shape index (κ2) is 5.69. The Kier molecular flexibility index (Phi) is 3.75. The van der Waals surface area contributed by atoms with Crippen molar-refractivity contribution in [3.05, 3.63) is 48.0 Å². The molecule has 5 heteroatoms. The van der Waals surface area contributed by atoms with Gasteiger partial charge in [-0.25, -0.2) is 0 Å². The second-order valence-electron chi connectivity index (χ2n) is 4.69. The Balaban J connectivity index is 2.01. The van der Waals surface area contributed by atoms with E-state index in [1.165, 1.54) is 0 Å². The molecule has 1 aliphatic rings. The molecule has 2 aromatic carbocycles. The van der Waals surface area contributed by atoms with E-state index in [2.05, 4.69) is 0 Å². The van der Waals surface area contributed by atoms with Crippen molar-refractivity contribution in [2.45, 2.75) is 4.90 Å². The summed E-state index contributed by atoms with van der Waals surface area (Å²) in [5.41, 5.74) is 7.86. The first-order chi connectivity index (χ1) is 10.2. The summed E-state index contributed by atoms with van der Waals surface area (Å²) >= 11 is 1.77. The monoisotopic (exact) mass is 300 g/mol. The minimum atomic E-state index is -0.0841. The minimum absolute atomic E-state index is 0.0841. The fraction of sp³-hybridized carbons (Fsp3) is 0.188. The number of hydrogen-bond acceptors (Lipinski definition) is 4. The molecular formula is C16H16N2O2S. The second-order valence-corrected chi connectivity index (χ2v) is 5.83. The van der Waals surface area contributed by atoms with Gasteiger partial charge in [-0.1, -0.05) is 18.2 Å². The highest BCUT2D eigenvalue weighted by Gasteiger charge is 2.25. The minimum Gasteiger partial charge on any atom is -0.495 e. The number of benzene rings is 2. The maximum atomic E-state index is 12.8. The van der Waals surface area contributed by atoms with Gasteiger partial charge in [0.25, 0.3) is 5.91 Å². The van der Waals surface area contributed by atoms with Crippen LogP contribution in [0.5, 0.6) is 5.75 Å². The van der Waals surface area contributed by atoms with Crippen molar-refractivity contribution < 1.29 is 9.53 Å². The molecule has 0 atom stereocenters. The summed E-state index contributed by atoms with van der Waals surface area (Å²) in [4.78, 5) is 15.7. The van der Waals surface area contributed by atoms with E-state index in [4.69, 9.17) is 10.5 Å². The zero-order chi connectivity index (χ0) is 14.8. The molecule has 0 spiro atoms. The van der Waals surface area contributed by atoms with Crippen LogP contribution in [0.2, 0.25) is 0 Å². The highest BCUT2D eigenvalue weighted by molar-refractivity contribution is 7.99. The summed E-state index contributed by atoms with van der Waals surface area (Å²) < 4.78 is 5.19. The van der Waals surface area contributed by atoms with Crippen LogP contribution in [0.25, 0.3) is 0 Å². The average molecular weight is 300 g/mol. The molecule has 0 radical (unpaired) electrons. The zero-order valence-electron chi connectivity index (χ0n) is 11.7. The molecule has 1 heterocycles. The Morgan fingerprint density at radius 2 is 2.05 bits per heavy atom. The maximum absolute atomic E-state index is 12.8. The number of anilines is 2. The molecule has 0 bridgehead atoms. The van der Waals surface area contributed by atoms with Gasteiger partial charge in [-0.15, -0.1) is 11.8 Å². The molecule has 108 valence electrons. The number of methoxy groups -OCH3 is 1. The van der Waals surface area contributed by atoms with Crippen LogP contribution in [-0.2, 0) is 0 Å². The van der Waals surface area contributed by atoms with Crippen LogP contribution >= 0.6 is 11.8 Å².